The van der Waals surface area contributed by atoms with Crippen LogP contribution < -0.4 is 5.32 Å². The maximum Gasteiger partial charge on any atom is 0.227 e. The van der Waals surface area contributed by atoms with E-state index in [4.69, 9.17) is 9.26 Å². The van der Waals surface area contributed by atoms with Crippen LogP contribution in [0, 0.1) is 5.92 Å². The summed E-state index contributed by atoms with van der Waals surface area (Å²) >= 11 is 1.59. The van der Waals surface area contributed by atoms with Crippen LogP contribution in [0.4, 0.5) is 0 Å². The van der Waals surface area contributed by atoms with Gasteiger partial charge in [-0.1, -0.05) is 19.0 Å². The van der Waals surface area contributed by atoms with Crippen LogP contribution in [0.15, 0.2) is 21.3 Å². The van der Waals surface area contributed by atoms with E-state index in [0.717, 1.165) is 38.3 Å². The summed E-state index contributed by atoms with van der Waals surface area (Å²) in [6, 6.07) is 2.30. The van der Waals surface area contributed by atoms with Gasteiger partial charge in [0.2, 0.25) is 17.6 Å². The minimum absolute atomic E-state index is 0.0206. The molecule has 27 heavy (non-hydrogen) atoms. The summed E-state index contributed by atoms with van der Waals surface area (Å²) in [7, 11) is 0. The third-order valence-corrected chi connectivity index (χ3v) is 5.34. The molecule has 1 N–H and O–H groups in total. The third kappa shape index (κ3) is 6.12. The van der Waals surface area contributed by atoms with E-state index >= 15 is 0 Å². The van der Waals surface area contributed by atoms with Crippen molar-refractivity contribution < 1.29 is 14.1 Å². The van der Waals surface area contributed by atoms with Gasteiger partial charge in [0.15, 0.2) is 0 Å². The van der Waals surface area contributed by atoms with Crippen molar-refractivity contribution in [1.82, 2.24) is 20.4 Å². The Kier molecular flexibility index (Phi) is 7.37. The second kappa shape index (κ2) is 9.96. The summed E-state index contributed by atoms with van der Waals surface area (Å²) in [6.07, 6.45) is 1.87. The second-order valence-electron chi connectivity index (χ2n) is 7.26. The number of carbonyl (C=O) groups excluding carboxylic acids is 1. The summed E-state index contributed by atoms with van der Waals surface area (Å²) in [5.41, 5.74) is 0.946. The van der Waals surface area contributed by atoms with Gasteiger partial charge in [-0.15, -0.1) is 0 Å². The molecule has 1 saturated heterocycles. The van der Waals surface area contributed by atoms with Crippen LogP contribution in [0.3, 0.4) is 0 Å². The van der Waals surface area contributed by atoms with E-state index in [1.807, 2.05) is 16.8 Å². The molecule has 1 amide bonds. The molecule has 7 nitrogen and oxygen atoms in total. The number of aromatic nitrogens is 2. The third-order valence-electron chi connectivity index (χ3n) is 4.65. The van der Waals surface area contributed by atoms with Crippen molar-refractivity contribution in [2.45, 2.75) is 39.2 Å². The molecule has 1 atom stereocenters. The number of nitrogens with one attached hydrogen (secondary N) is 1. The van der Waals surface area contributed by atoms with E-state index < -0.39 is 0 Å². The first-order valence-electron chi connectivity index (χ1n) is 9.55. The number of ether oxygens (including phenoxy) is 1. The first-order chi connectivity index (χ1) is 13.1. The summed E-state index contributed by atoms with van der Waals surface area (Å²) in [6.45, 7) is 8.51. The molecule has 2 aromatic heterocycles. The molecule has 3 heterocycles. The molecule has 1 unspecified atom stereocenters. The fraction of sp³-hybridized carbons (Fsp3) is 0.632. The maximum atomic E-state index is 12.3. The monoisotopic (exact) mass is 392 g/mol. The molecule has 0 bridgehead atoms. The smallest absolute Gasteiger partial charge is 0.227 e. The normalized spacial score (nSPS) is 16.6. The topological polar surface area (TPSA) is 80.5 Å². The van der Waals surface area contributed by atoms with Crippen molar-refractivity contribution >= 4 is 17.2 Å². The zero-order chi connectivity index (χ0) is 19.1. The van der Waals surface area contributed by atoms with Crippen LogP contribution >= 0.6 is 11.3 Å². The Hall–Kier alpha value is -1.77. The molecule has 0 radical (unpaired) electrons. The molecule has 2 aromatic rings. The molecule has 0 spiro atoms. The van der Waals surface area contributed by atoms with Crippen molar-refractivity contribution in [2.75, 3.05) is 32.8 Å². The Morgan fingerprint density at radius 2 is 2.19 bits per heavy atom. The number of carbonyl (C=O) groups is 1. The second-order valence-corrected chi connectivity index (χ2v) is 8.04. The molecule has 8 heteroatoms. The van der Waals surface area contributed by atoms with Crippen molar-refractivity contribution in [3.8, 4) is 11.4 Å². The summed E-state index contributed by atoms with van der Waals surface area (Å²) < 4.78 is 10.7. The predicted octanol–water partition coefficient (Wildman–Crippen LogP) is 2.59. The first-order valence-corrected chi connectivity index (χ1v) is 10.5. The van der Waals surface area contributed by atoms with Gasteiger partial charge in [0.1, 0.15) is 0 Å². The van der Waals surface area contributed by atoms with Gasteiger partial charge < -0.3 is 14.6 Å². The number of hydrogen-bond donors (Lipinski definition) is 1. The van der Waals surface area contributed by atoms with Gasteiger partial charge in [-0.05, 0) is 23.8 Å². The number of nitrogens with zero attached hydrogens (tertiary/aromatic N) is 3. The van der Waals surface area contributed by atoms with Gasteiger partial charge in [0, 0.05) is 49.5 Å². The lowest BCUT2D eigenvalue weighted by Crippen LogP contribution is -2.49. The van der Waals surface area contributed by atoms with Crippen molar-refractivity contribution in [1.29, 1.82) is 0 Å². The molecule has 0 aliphatic carbocycles. The molecule has 1 fully saturated rings. The summed E-state index contributed by atoms with van der Waals surface area (Å²) in [5, 5.41) is 11.0. The van der Waals surface area contributed by atoms with E-state index in [1.54, 1.807) is 11.3 Å². The number of amides is 1. The largest absolute Gasteiger partial charge is 0.379 e. The van der Waals surface area contributed by atoms with Gasteiger partial charge in [-0.2, -0.15) is 16.3 Å². The average molecular weight is 393 g/mol. The Morgan fingerprint density at radius 3 is 2.89 bits per heavy atom. The lowest BCUT2D eigenvalue weighted by molar-refractivity contribution is -0.121. The van der Waals surface area contributed by atoms with E-state index in [0.29, 0.717) is 43.1 Å². The van der Waals surface area contributed by atoms with Crippen LogP contribution in [0.25, 0.3) is 11.4 Å². The SMILES string of the molecule is CC(C)CC(CNC(=O)CCc1nc(-c2ccsc2)no1)N1CCOCC1. The van der Waals surface area contributed by atoms with Crippen molar-refractivity contribution in [2.24, 2.45) is 5.92 Å². The lowest BCUT2D eigenvalue weighted by Gasteiger charge is -2.35. The van der Waals surface area contributed by atoms with E-state index in [2.05, 4.69) is 34.2 Å². The quantitative estimate of drug-likeness (QED) is 0.706. The fourth-order valence-corrected chi connectivity index (χ4v) is 3.89. The van der Waals surface area contributed by atoms with Gasteiger partial charge in [-0.3, -0.25) is 9.69 Å². The number of hydrogen-bond acceptors (Lipinski definition) is 7. The Bertz CT molecular complexity index is 696. The molecule has 0 saturated carbocycles. The fourth-order valence-electron chi connectivity index (χ4n) is 3.25. The minimum Gasteiger partial charge on any atom is -0.379 e. The maximum absolute atomic E-state index is 12.3. The highest BCUT2D eigenvalue weighted by Gasteiger charge is 2.22. The molecule has 148 valence electrons. The minimum atomic E-state index is 0.0206. The average Bonchev–Trinajstić information content (AvgIpc) is 3.35. The number of thiophene rings is 1. The Morgan fingerprint density at radius 1 is 1.37 bits per heavy atom. The van der Waals surface area contributed by atoms with Gasteiger partial charge in [-0.25, -0.2) is 0 Å². The van der Waals surface area contributed by atoms with E-state index in [1.165, 1.54) is 0 Å². The van der Waals surface area contributed by atoms with Gasteiger partial charge >= 0.3 is 0 Å². The van der Waals surface area contributed by atoms with Crippen molar-refractivity contribution in [3.05, 3.63) is 22.7 Å². The number of aryl methyl sites for hydroxylation is 1. The molecular formula is C19H28N4O3S. The molecular weight excluding hydrogens is 364 g/mol. The first kappa shape index (κ1) is 20.0. The van der Waals surface area contributed by atoms with E-state index in [9.17, 15) is 4.79 Å². The highest BCUT2D eigenvalue weighted by molar-refractivity contribution is 7.08. The van der Waals surface area contributed by atoms with Crippen LogP contribution in [0.1, 0.15) is 32.6 Å². The zero-order valence-electron chi connectivity index (χ0n) is 16.0. The molecule has 3 rings (SSSR count). The van der Waals surface area contributed by atoms with Crippen LogP contribution in [0.2, 0.25) is 0 Å². The zero-order valence-corrected chi connectivity index (χ0v) is 16.8. The molecule has 1 aliphatic heterocycles. The molecule has 0 aromatic carbocycles. The predicted molar refractivity (Wildman–Crippen MR) is 105 cm³/mol. The number of rotatable bonds is 9. The van der Waals surface area contributed by atoms with Gasteiger partial charge in [0.05, 0.1) is 13.2 Å². The summed E-state index contributed by atoms with van der Waals surface area (Å²) in [5.74, 6) is 1.69. The van der Waals surface area contributed by atoms with Crippen molar-refractivity contribution in [3.63, 3.8) is 0 Å². The van der Waals surface area contributed by atoms with Gasteiger partial charge in [0.25, 0.3) is 0 Å². The van der Waals surface area contributed by atoms with Crippen LogP contribution in [0.5, 0.6) is 0 Å². The number of morpholine rings is 1. The highest BCUT2D eigenvalue weighted by Crippen LogP contribution is 2.19. The molecule has 1 aliphatic rings. The highest BCUT2D eigenvalue weighted by atomic mass is 32.1. The Balaban J connectivity index is 1.45. The van der Waals surface area contributed by atoms with Crippen LogP contribution in [-0.2, 0) is 16.0 Å². The lowest BCUT2D eigenvalue weighted by atomic mass is 10.0. The summed E-state index contributed by atoms with van der Waals surface area (Å²) in [4.78, 5) is 19.1. The van der Waals surface area contributed by atoms with Crippen LogP contribution in [-0.4, -0.2) is 59.8 Å². The standard InChI is InChI=1S/C19H28N4O3S/c1-14(2)11-16(23-6-8-25-9-7-23)12-20-17(24)3-4-18-21-19(22-26-18)15-5-10-27-13-15/h5,10,13-14,16H,3-4,6-9,11-12H2,1-2H3,(H,20,24). The Labute approximate surface area is 164 Å². The van der Waals surface area contributed by atoms with E-state index in [-0.39, 0.29) is 5.91 Å².